The Labute approximate surface area is 67.3 Å². The molecule has 0 radical (unpaired) electrons. The maximum Gasteiger partial charge on any atom is 0.0482 e. The number of rotatable bonds is 0. The van der Waals surface area contributed by atoms with Gasteiger partial charge in [0.1, 0.15) is 0 Å². The average Bonchev–Trinajstić information content (AvgIpc) is 2.41. The van der Waals surface area contributed by atoms with Gasteiger partial charge in [0.15, 0.2) is 0 Å². The van der Waals surface area contributed by atoms with Crippen LogP contribution in [0.2, 0.25) is 0 Å². The molecule has 2 fully saturated rings. The van der Waals surface area contributed by atoms with Crippen molar-refractivity contribution in [1.82, 2.24) is 10.6 Å². The molecule has 0 saturated carbocycles. The van der Waals surface area contributed by atoms with Gasteiger partial charge < -0.3 is 10.6 Å². The van der Waals surface area contributed by atoms with Crippen molar-refractivity contribution in [2.45, 2.75) is 18.8 Å². The van der Waals surface area contributed by atoms with Crippen molar-refractivity contribution < 1.29 is 11.0 Å². The topological polar surface area (TPSA) is 24.1 Å². The standard InChI is InChI=1S/C7H14N2/c1-2-6-4-8-5-7(6)9-3-1/h6-9H,1-5H2/t6-,7+/m0/s1/i1D2,2D2,3D2,6D,7D. The first-order chi connectivity index (χ1) is 7.41. The van der Waals surface area contributed by atoms with Gasteiger partial charge in [-0.2, -0.15) is 0 Å². The average molecular weight is 134 g/mol. The Morgan fingerprint density at radius 2 is 2.56 bits per heavy atom. The van der Waals surface area contributed by atoms with Gasteiger partial charge in [0.25, 0.3) is 0 Å². The van der Waals surface area contributed by atoms with Crippen LogP contribution in [0.3, 0.4) is 0 Å². The predicted molar refractivity (Wildman–Crippen MR) is 37.4 cm³/mol. The van der Waals surface area contributed by atoms with Crippen LogP contribution in [0.15, 0.2) is 0 Å². The molecule has 0 unspecified atom stereocenters. The normalized spacial score (nSPS) is 88.9. The predicted octanol–water partition coefficient (Wildman–Crippen LogP) is -0.0422. The summed E-state index contributed by atoms with van der Waals surface area (Å²) < 4.78 is 62.0. The van der Waals surface area contributed by atoms with Crippen LogP contribution in [0.25, 0.3) is 0 Å². The van der Waals surface area contributed by atoms with Gasteiger partial charge in [0, 0.05) is 23.5 Å². The summed E-state index contributed by atoms with van der Waals surface area (Å²) in [6.45, 7) is -2.98. The minimum atomic E-state index is -2.89. The third-order valence-electron chi connectivity index (χ3n) is 1.46. The molecule has 0 aromatic heterocycles. The van der Waals surface area contributed by atoms with Crippen molar-refractivity contribution in [3.05, 3.63) is 0 Å². The van der Waals surface area contributed by atoms with Gasteiger partial charge in [-0.15, -0.1) is 0 Å². The van der Waals surface area contributed by atoms with Crippen LogP contribution in [0.4, 0.5) is 0 Å². The molecule has 0 aliphatic carbocycles. The van der Waals surface area contributed by atoms with Gasteiger partial charge in [-0.05, 0) is 31.7 Å². The molecular weight excluding hydrogens is 112 g/mol. The summed E-state index contributed by atoms with van der Waals surface area (Å²) in [6.07, 6.45) is -5.67. The molecule has 0 aromatic carbocycles. The Hall–Kier alpha value is -0.0800. The zero-order valence-electron chi connectivity index (χ0n) is 12.9. The van der Waals surface area contributed by atoms with E-state index >= 15 is 0 Å². The van der Waals surface area contributed by atoms with Gasteiger partial charge in [0.2, 0.25) is 0 Å². The summed E-state index contributed by atoms with van der Waals surface area (Å²) >= 11 is 0. The fraction of sp³-hybridized carbons (Fsp3) is 1.00. The highest BCUT2D eigenvalue weighted by molar-refractivity contribution is 4.89. The Morgan fingerprint density at radius 3 is 3.56 bits per heavy atom. The lowest BCUT2D eigenvalue weighted by molar-refractivity contribution is 0.339. The molecule has 2 heteroatoms. The molecule has 2 aliphatic rings. The van der Waals surface area contributed by atoms with E-state index in [0.29, 0.717) is 0 Å². The molecule has 9 heavy (non-hydrogen) atoms. The Morgan fingerprint density at radius 1 is 1.56 bits per heavy atom. The zero-order valence-corrected chi connectivity index (χ0v) is 4.91. The Bertz CT molecular complexity index is 358. The van der Waals surface area contributed by atoms with Crippen molar-refractivity contribution in [1.29, 1.82) is 0 Å². The van der Waals surface area contributed by atoms with Crippen LogP contribution in [0.1, 0.15) is 23.7 Å². The SMILES string of the molecule is [2H]C1([2H])N[C@]2([2H])CNC[C@]2([2H])C([2H])([2H])C1([2H])[2H]. The van der Waals surface area contributed by atoms with Crippen LogP contribution in [0.5, 0.6) is 0 Å². The smallest absolute Gasteiger partial charge is 0.0482 e. The van der Waals surface area contributed by atoms with Gasteiger partial charge in [-0.25, -0.2) is 0 Å². The lowest BCUT2D eigenvalue weighted by Crippen LogP contribution is -2.40. The van der Waals surface area contributed by atoms with Crippen LogP contribution in [-0.4, -0.2) is 25.6 Å². The molecule has 2 N–H and O–H groups in total. The first-order valence-electron chi connectivity index (χ1n) is 6.91. The summed E-state index contributed by atoms with van der Waals surface area (Å²) in [5.74, 6) is -2.07. The maximum atomic E-state index is 8.08. The molecule has 2 saturated heterocycles. The second-order valence-corrected chi connectivity index (χ2v) is 2.06. The van der Waals surface area contributed by atoms with E-state index in [4.69, 9.17) is 11.0 Å². The monoisotopic (exact) mass is 134 g/mol. The lowest BCUT2D eigenvalue weighted by Gasteiger charge is -2.24. The summed E-state index contributed by atoms with van der Waals surface area (Å²) in [5, 5.41) is 4.82. The first kappa shape index (κ1) is 1.74. The largest absolute Gasteiger partial charge is 0.315 e. The maximum absolute atomic E-state index is 8.08. The van der Waals surface area contributed by atoms with E-state index < -0.39 is 31.2 Å². The van der Waals surface area contributed by atoms with Crippen molar-refractivity contribution in [3.63, 3.8) is 0 Å². The third-order valence-corrected chi connectivity index (χ3v) is 1.46. The van der Waals surface area contributed by atoms with E-state index in [1.54, 1.807) is 0 Å². The third kappa shape index (κ3) is 0.970. The summed E-state index contributed by atoms with van der Waals surface area (Å²) in [5.41, 5.74) is 0. The van der Waals surface area contributed by atoms with Crippen molar-refractivity contribution in [2.75, 3.05) is 19.6 Å². The molecule has 2 nitrogen and oxygen atoms in total. The second-order valence-electron chi connectivity index (χ2n) is 2.06. The van der Waals surface area contributed by atoms with Crippen LogP contribution in [-0.2, 0) is 0 Å². The number of piperidine rings is 1. The summed E-state index contributed by atoms with van der Waals surface area (Å²) in [4.78, 5) is 0. The molecule has 0 aromatic rings. The quantitative estimate of drug-likeness (QED) is 0.486. The summed E-state index contributed by atoms with van der Waals surface area (Å²) in [6, 6.07) is -1.88. The van der Waals surface area contributed by atoms with E-state index in [-0.39, 0.29) is 13.1 Å². The molecule has 2 rings (SSSR count). The van der Waals surface area contributed by atoms with Crippen LogP contribution >= 0.6 is 0 Å². The van der Waals surface area contributed by atoms with E-state index in [0.717, 1.165) is 0 Å². The molecule has 0 amide bonds. The minimum absolute atomic E-state index is 0.0917. The molecule has 0 bridgehead atoms. The number of hydrogen-bond acceptors (Lipinski definition) is 2. The van der Waals surface area contributed by atoms with Gasteiger partial charge in [0.05, 0.1) is 0 Å². The van der Waals surface area contributed by atoms with Crippen LogP contribution < -0.4 is 10.6 Å². The van der Waals surface area contributed by atoms with Crippen molar-refractivity contribution in [3.8, 4) is 0 Å². The van der Waals surface area contributed by atoms with Crippen LogP contribution in [0, 0.1) is 5.89 Å². The fourth-order valence-corrected chi connectivity index (χ4v) is 0.979. The molecular formula is C7H14N2. The summed E-state index contributed by atoms with van der Waals surface area (Å²) in [7, 11) is 0. The number of hydrogen-bond donors (Lipinski definition) is 2. The molecule has 0 spiro atoms. The lowest BCUT2D eigenvalue weighted by atomic mass is 9.94. The van der Waals surface area contributed by atoms with E-state index in [2.05, 4.69) is 10.6 Å². The van der Waals surface area contributed by atoms with Crippen molar-refractivity contribution >= 4 is 0 Å². The van der Waals surface area contributed by atoms with E-state index in [1.165, 1.54) is 0 Å². The minimum Gasteiger partial charge on any atom is -0.315 e. The first-order valence-corrected chi connectivity index (χ1v) is 2.91. The van der Waals surface area contributed by atoms with Gasteiger partial charge in [-0.1, -0.05) is 0 Å². The number of nitrogens with one attached hydrogen (secondary N) is 2. The van der Waals surface area contributed by atoms with Crippen molar-refractivity contribution in [2.24, 2.45) is 5.89 Å². The molecule has 2 atom stereocenters. The highest BCUT2D eigenvalue weighted by atomic mass is 15.0. The van der Waals surface area contributed by atoms with E-state index in [1.807, 2.05) is 0 Å². The zero-order chi connectivity index (χ0) is 13.3. The molecule has 52 valence electrons. The molecule has 2 aliphatic heterocycles. The second kappa shape index (κ2) is 2.27. The molecule has 2 heterocycles. The van der Waals surface area contributed by atoms with Gasteiger partial charge >= 0.3 is 0 Å². The highest BCUT2D eigenvalue weighted by Crippen LogP contribution is 2.18. The highest BCUT2D eigenvalue weighted by Gasteiger charge is 2.28. The Balaban J connectivity index is 2.61. The van der Waals surface area contributed by atoms with E-state index in [9.17, 15) is 0 Å². The number of fused-ring (bicyclic) bond motifs is 1. The fourth-order valence-electron chi connectivity index (χ4n) is 0.979. The Kier molecular flexibility index (Phi) is 0.440. The van der Waals surface area contributed by atoms with Gasteiger partial charge in [-0.3, -0.25) is 0 Å².